The van der Waals surface area contributed by atoms with Gasteiger partial charge in [-0.2, -0.15) is 4.31 Å². The Hall–Kier alpha value is -2.52. The number of carbonyl (C=O) groups excluding carboxylic acids is 1. The number of sulfonamides is 1. The zero-order valence-electron chi connectivity index (χ0n) is 17.1. The molecule has 2 aromatic carbocycles. The lowest BCUT2D eigenvalue weighted by molar-refractivity contribution is 0.102. The molecule has 0 radical (unpaired) electrons. The highest BCUT2D eigenvalue weighted by molar-refractivity contribution is 7.89. The van der Waals surface area contributed by atoms with Crippen molar-refractivity contribution >= 4 is 27.3 Å². The van der Waals surface area contributed by atoms with Crippen LogP contribution in [0.5, 0.6) is 0 Å². The molecule has 2 saturated heterocycles. The van der Waals surface area contributed by atoms with Gasteiger partial charge >= 0.3 is 0 Å². The first kappa shape index (κ1) is 21.7. The summed E-state index contributed by atoms with van der Waals surface area (Å²) >= 11 is 0. The zero-order valence-corrected chi connectivity index (χ0v) is 17.9. The number of hydrogen-bond acceptors (Lipinski definition) is 4. The summed E-state index contributed by atoms with van der Waals surface area (Å²) in [4.78, 5) is 15.2. The van der Waals surface area contributed by atoms with Gasteiger partial charge in [0.05, 0.1) is 10.5 Å². The van der Waals surface area contributed by atoms with E-state index in [1.807, 2.05) is 4.90 Å². The SMILES string of the molecule is O=C(Nc1ccc(F)c(F)c1)c1cc(S(=O)(=O)N2CCCCC2)ccc1N1CCCC1. The van der Waals surface area contributed by atoms with Crippen molar-refractivity contribution in [2.75, 3.05) is 36.4 Å². The second-order valence-corrected chi connectivity index (χ2v) is 9.86. The molecule has 2 aliphatic rings. The molecule has 0 aromatic heterocycles. The number of carbonyl (C=O) groups is 1. The number of rotatable bonds is 5. The molecule has 0 bridgehead atoms. The van der Waals surface area contributed by atoms with Crippen LogP contribution in [0.25, 0.3) is 0 Å². The van der Waals surface area contributed by atoms with Gasteiger partial charge in [0.2, 0.25) is 10.0 Å². The van der Waals surface area contributed by atoms with Crippen LogP contribution in [0.15, 0.2) is 41.3 Å². The molecule has 1 amide bonds. The topological polar surface area (TPSA) is 69.7 Å². The van der Waals surface area contributed by atoms with Crippen molar-refractivity contribution in [3.63, 3.8) is 0 Å². The highest BCUT2D eigenvalue weighted by Gasteiger charge is 2.29. The quantitative estimate of drug-likeness (QED) is 0.749. The number of amides is 1. The van der Waals surface area contributed by atoms with Crippen LogP contribution in [0.1, 0.15) is 42.5 Å². The zero-order chi connectivity index (χ0) is 22.0. The Labute approximate surface area is 180 Å². The van der Waals surface area contributed by atoms with E-state index < -0.39 is 27.6 Å². The van der Waals surface area contributed by atoms with E-state index in [1.54, 1.807) is 12.1 Å². The lowest BCUT2D eigenvalue weighted by atomic mass is 10.1. The van der Waals surface area contributed by atoms with E-state index >= 15 is 0 Å². The van der Waals surface area contributed by atoms with E-state index in [1.165, 1.54) is 16.4 Å². The standard InChI is InChI=1S/C22H25F2N3O3S/c23-19-8-6-16(14-20(19)24)25-22(28)18-15-17(7-9-21(18)26-10-4-5-11-26)31(29,30)27-12-2-1-3-13-27/h6-9,14-15H,1-5,10-13H2,(H,25,28). The van der Waals surface area contributed by atoms with Crippen LogP contribution < -0.4 is 10.2 Å². The fraction of sp³-hybridized carbons (Fsp3) is 0.409. The highest BCUT2D eigenvalue weighted by Crippen LogP contribution is 2.30. The highest BCUT2D eigenvalue weighted by atomic mass is 32.2. The van der Waals surface area contributed by atoms with Crippen LogP contribution >= 0.6 is 0 Å². The molecular formula is C22H25F2N3O3S. The summed E-state index contributed by atoms with van der Waals surface area (Å²) in [7, 11) is -3.72. The maximum absolute atomic E-state index is 13.6. The fourth-order valence-corrected chi connectivity index (χ4v) is 5.66. The molecule has 2 aromatic rings. The predicted molar refractivity (Wildman–Crippen MR) is 115 cm³/mol. The maximum Gasteiger partial charge on any atom is 0.257 e. The minimum atomic E-state index is -3.72. The number of piperidine rings is 1. The molecule has 0 aliphatic carbocycles. The molecule has 6 nitrogen and oxygen atoms in total. The van der Waals surface area contributed by atoms with Gasteiger partial charge in [-0.1, -0.05) is 6.42 Å². The van der Waals surface area contributed by atoms with Gasteiger partial charge in [-0.15, -0.1) is 0 Å². The van der Waals surface area contributed by atoms with Gasteiger partial charge in [0.1, 0.15) is 0 Å². The summed E-state index contributed by atoms with van der Waals surface area (Å²) in [5.41, 5.74) is 0.931. The van der Waals surface area contributed by atoms with Crippen LogP contribution in [0.3, 0.4) is 0 Å². The number of nitrogens with zero attached hydrogens (tertiary/aromatic N) is 2. The monoisotopic (exact) mass is 449 g/mol. The van der Waals surface area contributed by atoms with E-state index in [4.69, 9.17) is 0 Å². The molecule has 9 heteroatoms. The van der Waals surface area contributed by atoms with Crippen LogP contribution in [0, 0.1) is 11.6 Å². The molecule has 2 heterocycles. The number of anilines is 2. The van der Waals surface area contributed by atoms with Crippen LogP contribution in [0.2, 0.25) is 0 Å². The molecule has 0 unspecified atom stereocenters. The molecule has 31 heavy (non-hydrogen) atoms. The molecule has 1 N–H and O–H groups in total. The van der Waals surface area contributed by atoms with E-state index in [2.05, 4.69) is 5.32 Å². The molecule has 0 atom stereocenters. The smallest absolute Gasteiger partial charge is 0.257 e. The van der Waals surface area contributed by atoms with Crippen LogP contribution in [-0.4, -0.2) is 44.8 Å². The first-order valence-electron chi connectivity index (χ1n) is 10.5. The number of halogens is 2. The first-order chi connectivity index (χ1) is 14.9. The predicted octanol–water partition coefficient (Wildman–Crippen LogP) is 3.99. The maximum atomic E-state index is 13.6. The van der Waals surface area contributed by atoms with Crippen molar-refractivity contribution in [1.82, 2.24) is 4.31 Å². The van der Waals surface area contributed by atoms with Crippen molar-refractivity contribution in [2.45, 2.75) is 37.0 Å². The number of hydrogen-bond donors (Lipinski definition) is 1. The Morgan fingerprint density at radius 1 is 0.839 bits per heavy atom. The van der Waals surface area contributed by atoms with Gasteiger partial charge < -0.3 is 10.2 Å². The molecular weight excluding hydrogens is 424 g/mol. The first-order valence-corrected chi connectivity index (χ1v) is 12.0. The Morgan fingerprint density at radius 2 is 1.52 bits per heavy atom. The average Bonchev–Trinajstić information content (AvgIpc) is 3.31. The molecule has 4 rings (SSSR count). The summed E-state index contributed by atoms with van der Waals surface area (Å²) in [6, 6.07) is 7.71. The second-order valence-electron chi connectivity index (χ2n) is 7.92. The Kier molecular flexibility index (Phi) is 6.24. The summed E-state index contributed by atoms with van der Waals surface area (Å²) in [5, 5.41) is 2.57. The van der Waals surface area contributed by atoms with E-state index in [-0.39, 0.29) is 16.1 Å². The van der Waals surface area contributed by atoms with Gasteiger partial charge in [0.25, 0.3) is 5.91 Å². The third-order valence-corrected chi connectivity index (χ3v) is 7.68. The van der Waals surface area contributed by atoms with Gasteiger partial charge in [-0.25, -0.2) is 17.2 Å². The molecule has 0 spiro atoms. The third-order valence-electron chi connectivity index (χ3n) is 5.79. The summed E-state index contributed by atoms with van der Waals surface area (Å²) in [6.45, 7) is 2.46. The van der Waals surface area contributed by atoms with Gasteiger partial charge in [0.15, 0.2) is 11.6 Å². The minimum Gasteiger partial charge on any atom is -0.371 e. The van der Waals surface area contributed by atoms with Crippen molar-refractivity contribution < 1.29 is 22.0 Å². The van der Waals surface area contributed by atoms with E-state index in [9.17, 15) is 22.0 Å². The average molecular weight is 450 g/mol. The number of nitrogens with one attached hydrogen (secondary N) is 1. The van der Waals surface area contributed by atoms with Crippen LogP contribution in [-0.2, 0) is 10.0 Å². The Bertz CT molecular complexity index is 1080. The Morgan fingerprint density at radius 3 is 2.19 bits per heavy atom. The third kappa shape index (κ3) is 4.57. The van der Waals surface area contributed by atoms with Crippen molar-refractivity contribution in [3.05, 3.63) is 53.6 Å². The lowest BCUT2D eigenvalue weighted by Crippen LogP contribution is -2.35. The number of benzene rings is 2. The van der Waals surface area contributed by atoms with Crippen molar-refractivity contribution in [3.8, 4) is 0 Å². The molecule has 2 aliphatic heterocycles. The second kappa shape index (κ2) is 8.92. The lowest BCUT2D eigenvalue weighted by Gasteiger charge is -2.27. The largest absolute Gasteiger partial charge is 0.371 e. The summed E-state index contributed by atoms with van der Waals surface area (Å²) in [5.74, 6) is -2.65. The van der Waals surface area contributed by atoms with Crippen molar-refractivity contribution in [1.29, 1.82) is 0 Å². The van der Waals surface area contributed by atoms with Gasteiger partial charge in [0, 0.05) is 43.6 Å². The minimum absolute atomic E-state index is 0.0628. The molecule has 166 valence electrons. The van der Waals surface area contributed by atoms with E-state index in [0.29, 0.717) is 18.8 Å². The summed E-state index contributed by atoms with van der Waals surface area (Å²) < 4.78 is 54.5. The molecule has 0 saturated carbocycles. The fourth-order valence-electron chi connectivity index (χ4n) is 4.12. The van der Waals surface area contributed by atoms with Crippen molar-refractivity contribution in [2.24, 2.45) is 0 Å². The van der Waals surface area contributed by atoms with Gasteiger partial charge in [-0.05, 0) is 56.0 Å². The van der Waals surface area contributed by atoms with E-state index in [0.717, 1.165) is 57.3 Å². The molecule has 2 fully saturated rings. The Balaban J connectivity index is 1.69. The van der Waals surface area contributed by atoms with Crippen LogP contribution in [0.4, 0.5) is 20.2 Å². The summed E-state index contributed by atoms with van der Waals surface area (Å²) in [6.07, 6.45) is 4.60. The normalized spacial score (nSPS) is 17.7. The van der Waals surface area contributed by atoms with Gasteiger partial charge in [-0.3, -0.25) is 4.79 Å².